The lowest BCUT2D eigenvalue weighted by Gasteiger charge is -2.24. The van der Waals surface area contributed by atoms with Crippen molar-refractivity contribution in [1.82, 2.24) is 4.90 Å². The largest absolute Gasteiger partial charge is 0.378 e. The Balaban J connectivity index is 2.08. The Morgan fingerprint density at radius 2 is 2.15 bits per heavy atom. The Morgan fingerprint density at radius 3 is 2.75 bits per heavy atom. The van der Waals surface area contributed by atoms with Gasteiger partial charge in [-0.3, -0.25) is 15.0 Å². The molecule has 0 bridgehead atoms. The fourth-order valence-electron chi connectivity index (χ4n) is 2.40. The van der Waals surface area contributed by atoms with Crippen LogP contribution in [0.2, 0.25) is 0 Å². The number of halogens is 2. The van der Waals surface area contributed by atoms with Crippen molar-refractivity contribution >= 4 is 34.0 Å². The number of nitrogens with zero attached hydrogens (tertiary/aromatic N) is 2. The van der Waals surface area contributed by atoms with Gasteiger partial charge in [0.2, 0.25) is 0 Å². The van der Waals surface area contributed by atoms with Crippen LogP contribution in [0.25, 0.3) is 0 Å². The number of hydrogen-bond donors (Lipinski definition) is 1. The predicted octanol–water partition coefficient (Wildman–Crippen LogP) is 3.23. The molecule has 0 aliphatic carbocycles. The van der Waals surface area contributed by atoms with E-state index in [0.29, 0.717) is 6.54 Å². The van der Waals surface area contributed by atoms with Gasteiger partial charge >= 0.3 is 0 Å². The fourth-order valence-corrected chi connectivity index (χ4v) is 2.85. The summed E-state index contributed by atoms with van der Waals surface area (Å²) in [6.45, 7) is 4.77. The van der Waals surface area contributed by atoms with Gasteiger partial charge in [0, 0.05) is 24.7 Å². The molecule has 2 rings (SSSR count). The lowest BCUT2D eigenvalue weighted by Crippen LogP contribution is -2.35. The van der Waals surface area contributed by atoms with Gasteiger partial charge < -0.3 is 5.32 Å². The molecule has 1 unspecified atom stereocenters. The molecule has 1 aromatic rings. The topological polar surface area (TPSA) is 58.4 Å². The average molecular weight is 393 g/mol. The molecule has 0 spiro atoms. The van der Waals surface area contributed by atoms with E-state index in [9.17, 15) is 14.5 Å². The second-order valence-corrected chi connectivity index (χ2v) is 6.18. The van der Waals surface area contributed by atoms with Crippen LogP contribution in [0.1, 0.15) is 19.8 Å². The zero-order valence-corrected chi connectivity index (χ0v) is 13.4. The van der Waals surface area contributed by atoms with E-state index in [1.54, 1.807) is 22.6 Å². The minimum Gasteiger partial charge on any atom is -0.378 e. The van der Waals surface area contributed by atoms with E-state index < -0.39 is 10.7 Å². The first-order valence-electron chi connectivity index (χ1n) is 6.60. The van der Waals surface area contributed by atoms with E-state index >= 15 is 0 Å². The summed E-state index contributed by atoms with van der Waals surface area (Å²) in [6.07, 6.45) is 2.39. The normalized spacial score (nSPS) is 17.1. The number of hydrogen-bond acceptors (Lipinski definition) is 4. The van der Waals surface area contributed by atoms with Crippen molar-refractivity contribution in [3.8, 4) is 0 Å². The van der Waals surface area contributed by atoms with Crippen molar-refractivity contribution in [2.75, 3.05) is 25.0 Å². The van der Waals surface area contributed by atoms with Gasteiger partial charge in [-0.2, -0.15) is 0 Å². The van der Waals surface area contributed by atoms with Gasteiger partial charge in [-0.05, 0) is 55.4 Å². The van der Waals surface area contributed by atoms with Gasteiger partial charge in [0.05, 0.1) is 8.49 Å². The number of nitro groups is 1. The first-order chi connectivity index (χ1) is 9.49. The van der Waals surface area contributed by atoms with Crippen LogP contribution in [0, 0.1) is 19.5 Å². The molecular formula is C13H17FIN3O2. The van der Waals surface area contributed by atoms with Gasteiger partial charge in [0.15, 0.2) is 0 Å². The minimum atomic E-state index is -0.482. The van der Waals surface area contributed by atoms with Crippen molar-refractivity contribution in [1.29, 1.82) is 0 Å². The van der Waals surface area contributed by atoms with Gasteiger partial charge in [-0.1, -0.05) is 0 Å². The SMILES string of the molecule is CC(CNc1cc(F)c(I)cc1[N+](=O)[O-])N1CCCC1. The maximum atomic E-state index is 13.6. The molecule has 1 heterocycles. The molecule has 1 atom stereocenters. The molecule has 0 radical (unpaired) electrons. The molecule has 0 saturated carbocycles. The van der Waals surface area contributed by atoms with Gasteiger partial charge in [0.25, 0.3) is 5.69 Å². The monoisotopic (exact) mass is 393 g/mol. The maximum Gasteiger partial charge on any atom is 0.293 e. The van der Waals surface area contributed by atoms with E-state index in [1.165, 1.54) is 25.0 Å². The van der Waals surface area contributed by atoms with Crippen LogP contribution in [0.15, 0.2) is 12.1 Å². The molecule has 1 aromatic carbocycles. The molecule has 110 valence electrons. The summed E-state index contributed by atoms with van der Waals surface area (Å²) in [5, 5.41) is 14.0. The number of benzene rings is 1. The second kappa shape index (κ2) is 6.66. The number of nitrogens with one attached hydrogen (secondary N) is 1. The Labute approximate surface area is 130 Å². The number of anilines is 1. The Kier molecular flexibility index (Phi) is 5.14. The zero-order chi connectivity index (χ0) is 14.7. The Morgan fingerprint density at radius 1 is 1.50 bits per heavy atom. The zero-order valence-electron chi connectivity index (χ0n) is 11.2. The van der Waals surface area contributed by atoms with E-state index in [0.717, 1.165) is 13.1 Å². The average Bonchev–Trinajstić information content (AvgIpc) is 2.93. The highest BCUT2D eigenvalue weighted by Gasteiger charge is 2.21. The third-order valence-electron chi connectivity index (χ3n) is 3.59. The van der Waals surface area contributed by atoms with Gasteiger partial charge in [0.1, 0.15) is 11.5 Å². The molecule has 0 amide bonds. The highest BCUT2D eigenvalue weighted by Crippen LogP contribution is 2.28. The smallest absolute Gasteiger partial charge is 0.293 e. The highest BCUT2D eigenvalue weighted by molar-refractivity contribution is 14.1. The summed E-state index contributed by atoms with van der Waals surface area (Å²) in [7, 11) is 0. The summed E-state index contributed by atoms with van der Waals surface area (Å²) in [5.41, 5.74) is 0.170. The van der Waals surface area contributed by atoms with E-state index in [-0.39, 0.29) is 21.0 Å². The van der Waals surface area contributed by atoms with E-state index in [4.69, 9.17) is 0 Å². The summed E-state index contributed by atoms with van der Waals surface area (Å²) < 4.78 is 13.8. The third-order valence-corrected chi connectivity index (χ3v) is 4.41. The molecule has 7 heteroatoms. The minimum absolute atomic E-state index is 0.0792. The highest BCUT2D eigenvalue weighted by atomic mass is 127. The molecule has 1 fully saturated rings. The van der Waals surface area contributed by atoms with Gasteiger partial charge in [-0.15, -0.1) is 0 Å². The molecular weight excluding hydrogens is 376 g/mol. The Bertz CT molecular complexity index is 507. The molecule has 1 aliphatic rings. The molecule has 0 aromatic heterocycles. The molecule has 1 aliphatic heterocycles. The van der Waals surface area contributed by atoms with Crippen LogP contribution < -0.4 is 5.32 Å². The van der Waals surface area contributed by atoms with Crippen LogP contribution in [0.5, 0.6) is 0 Å². The van der Waals surface area contributed by atoms with Crippen LogP contribution in [0.3, 0.4) is 0 Å². The van der Waals surface area contributed by atoms with E-state index in [2.05, 4.69) is 17.1 Å². The molecule has 20 heavy (non-hydrogen) atoms. The van der Waals surface area contributed by atoms with Crippen LogP contribution in [-0.2, 0) is 0 Å². The molecule has 5 nitrogen and oxygen atoms in total. The second-order valence-electron chi connectivity index (χ2n) is 5.01. The lowest BCUT2D eigenvalue weighted by molar-refractivity contribution is -0.384. The van der Waals surface area contributed by atoms with Crippen molar-refractivity contribution in [2.24, 2.45) is 0 Å². The number of likely N-dealkylation sites (tertiary alicyclic amines) is 1. The quantitative estimate of drug-likeness (QED) is 0.474. The number of rotatable bonds is 5. The maximum absolute atomic E-state index is 13.6. The first-order valence-corrected chi connectivity index (χ1v) is 7.68. The predicted molar refractivity (Wildman–Crippen MR) is 84.5 cm³/mol. The van der Waals surface area contributed by atoms with Crippen LogP contribution >= 0.6 is 22.6 Å². The number of nitro benzene ring substituents is 1. The van der Waals surface area contributed by atoms with Crippen molar-refractivity contribution in [3.05, 3.63) is 31.6 Å². The Hall–Kier alpha value is -0.960. The molecule has 1 saturated heterocycles. The van der Waals surface area contributed by atoms with E-state index in [1.807, 2.05) is 0 Å². The van der Waals surface area contributed by atoms with Crippen molar-refractivity contribution < 1.29 is 9.31 Å². The van der Waals surface area contributed by atoms with Crippen LogP contribution in [0.4, 0.5) is 15.8 Å². The van der Waals surface area contributed by atoms with Crippen LogP contribution in [-0.4, -0.2) is 35.5 Å². The first kappa shape index (κ1) is 15.4. The fraction of sp³-hybridized carbons (Fsp3) is 0.538. The van der Waals surface area contributed by atoms with Crippen molar-refractivity contribution in [3.63, 3.8) is 0 Å². The molecule has 1 N–H and O–H groups in total. The standard InChI is InChI=1S/C13H17FIN3O2/c1-9(17-4-2-3-5-17)8-16-12-6-10(14)11(15)7-13(12)18(19)20/h6-7,9,16H,2-5,8H2,1H3. The summed E-state index contributed by atoms with van der Waals surface area (Å²) in [5.74, 6) is -0.437. The summed E-state index contributed by atoms with van der Waals surface area (Å²) in [6, 6.07) is 2.74. The lowest BCUT2D eigenvalue weighted by atomic mass is 10.2. The van der Waals surface area contributed by atoms with Crippen molar-refractivity contribution in [2.45, 2.75) is 25.8 Å². The summed E-state index contributed by atoms with van der Waals surface area (Å²) >= 11 is 1.76. The van der Waals surface area contributed by atoms with Gasteiger partial charge in [-0.25, -0.2) is 4.39 Å². The summed E-state index contributed by atoms with van der Waals surface area (Å²) in [4.78, 5) is 12.9. The third kappa shape index (κ3) is 3.57.